The van der Waals surface area contributed by atoms with Crippen LogP contribution in [0.4, 0.5) is 0 Å². The van der Waals surface area contributed by atoms with Gasteiger partial charge in [-0.3, -0.25) is 0 Å². The van der Waals surface area contributed by atoms with E-state index in [1.54, 1.807) is 19.2 Å². The Kier molecular flexibility index (Phi) is 7.90. The molecule has 0 bridgehead atoms. The summed E-state index contributed by atoms with van der Waals surface area (Å²) in [5.74, 6) is 0. The van der Waals surface area contributed by atoms with Crippen molar-refractivity contribution in [1.29, 1.82) is 0 Å². The Morgan fingerprint density at radius 1 is 1.16 bits per heavy atom. The predicted octanol–water partition coefficient (Wildman–Crippen LogP) is 2.70. The molecule has 7 heteroatoms. The van der Waals surface area contributed by atoms with E-state index in [2.05, 4.69) is 30.8 Å². The molecule has 0 amide bonds. The third kappa shape index (κ3) is 5.93. The van der Waals surface area contributed by atoms with Gasteiger partial charge in [-0.05, 0) is 49.0 Å². The number of hydrogen-bond acceptors (Lipinski definition) is 4. The van der Waals surface area contributed by atoms with Gasteiger partial charge in [0.15, 0.2) is 0 Å². The molecule has 0 atom stereocenters. The van der Waals surface area contributed by atoms with Gasteiger partial charge in [0.05, 0.1) is 11.5 Å². The molecule has 0 unspecified atom stereocenters. The maximum absolute atomic E-state index is 12.6. The molecule has 5 nitrogen and oxygen atoms in total. The van der Waals surface area contributed by atoms with Gasteiger partial charge in [-0.15, -0.1) is 12.4 Å². The summed E-state index contributed by atoms with van der Waals surface area (Å²) < 4.78 is 33.4. The van der Waals surface area contributed by atoms with Gasteiger partial charge in [0, 0.05) is 19.1 Å². The first-order valence-corrected chi connectivity index (χ1v) is 9.97. The molecule has 0 saturated carbocycles. The Balaban J connectivity index is 0.00000312. The Labute approximate surface area is 158 Å². The van der Waals surface area contributed by atoms with Gasteiger partial charge in [0.2, 0.25) is 10.0 Å². The maximum atomic E-state index is 12.6. The monoisotopic (exact) mass is 390 g/mol. The van der Waals surface area contributed by atoms with E-state index < -0.39 is 10.0 Å². The molecule has 0 aliphatic carbocycles. The normalized spacial score (nSPS) is 17.8. The van der Waals surface area contributed by atoms with Crippen LogP contribution in [0.15, 0.2) is 29.2 Å². The number of piperidine rings is 1. The molecule has 1 aliphatic heterocycles. The van der Waals surface area contributed by atoms with Crippen LogP contribution in [0.2, 0.25) is 0 Å². The molecule has 1 aliphatic rings. The molecule has 0 spiro atoms. The van der Waals surface area contributed by atoms with Crippen molar-refractivity contribution in [3.63, 3.8) is 0 Å². The van der Waals surface area contributed by atoms with Crippen LogP contribution in [0, 0.1) is 5.41 Å². The summed E-state index contributed by atoms with van der Waals surface area (Å²) in [6, 6.07) is 7.16. The molecule has 0 radical (unpaired) electrons. The minimum absolute atomic E-state index is 0. The van der Waals surface area contributed by atoms with Crippen molar-refractivity contribution in [2.75, 3.05) is 33.4 Å². The largest absolute Gasteiger partial charge is 0.384 e. The summed E-state index contributed by atoms with van der Waals surface area (Å²) in [4.78, 5) is 0.317. The molecule has 1 aromatic rings. The molecule has 25 heavy (non-hydrogen) atoms. The lowest BCUT2D eigenvalue weighted by Gasteiger charge is -2.37. The zero-order chi connectivity index (χ0) is 17.8. The van der Waals surface area contributed by atoms with Crippen molar-refractivity contribution in [2.24, 2.45) is 5.41 Å². The Morgan fingerprint density at radius 3 is 2.20 bits per heavy atom. The highest BCUT2D eigenvalue weighted by molar-refractivity contribution is 7.89. The van der Waals surface area contributed by atoms with Crippen LogP contribution in [0.25, 0.3) is 0 Å². The van der Waals surface area contributed by atoms with Gasteiger partial charge in [0.25, 0.3) is 0 Å². The standard InChI is InChI=1S/C18H30N2O3S.ClH/c1-17(2,3)15-5-7-16(8-6-15)24(21,22)20-13-18(14-23-4)9-11-19-12-10-18;/h5-8,19-20H,9-14H2,1-4H3;1H. The number of nitrogens with one attached hydrogen (secondary N) is 2. The van der Waals surface area contributed by atoms with Crippen molar-refractivity contribution in [2.45, 2.75) is 43.9 Å². The third-order valence-electron chi connectivity index (χ3n) is 4.78. The van der Waals surface area contributed by atoms with E-state index in [0.717, 1.165) is 31.5 Å². The van der Waals surface area contributed by atoms with Gasteiger partial charge in [-0.2, -0.15) is 0 Å². The lowest BCUT2D eigenvalue weighted by atomic mass is 9.80. The Morgan fingerprint density at radius 2 is 1.72 bits per heavy atom. The molecule has 2 N–H and O–H groups in total. The van der Waals surface area contributed by atoms with E-state index in [0.29, 0.717) is 18.0 Å². The average Bonchev–Trinajstić information content (AvgIpc) is 2.54. The second-order valence-corrected chi connectivity index (χ2v) is 9.55. The summed E-state index contributed by atoms with van der Waals surface area (Å²) >= 11 is 0. The van der Waals surface area contributed by atoms with Crippen molar-refractivity contribution in [3.05, 3.63) is 29.8 Å². The number of sulfonamides is 1. The van der Waals surface area contributed by atoms with Crippen molar-refractivity contribution in [3.8, 4) is 0 Å². The smallest absolute Gasteiger partial charge is 0.240 e. The highest BCUT2D eigenvalue weighted by atomic mass is 35.5. The molecular formula is C18H31ClN2O3S. The number of rotatable bonds is 6. The predicted molar refractivity (Wildman–Crippen MR) is 104 cm³/mol. The Hall–Kier alpha value is -0.660. The summed E-state index contributed by atoms with van der Waals surface area (Å²) in [6.45, 7) is 9.10. The van der Waals surface area contributed by atoms with Crippen molar-refractivity contribution in [1.82, 2.24) is 10.0 Å². The molecule has 2 rings (SSSR count). The third-order valence-corrected chi connectivity index (χ3v) is 6.20. The minimum atomic E-state index is -3.50. The van der Waals surface area contributed by atoms with Gasteiger partial charge in [0.1, 0.15) is 0 Å². The van der Waals surface area contributed by atoms with Crippen LogP contribution in [-0.4, -0.2) is 41.8 Å². The van der Waals surface area contributed by atoms with Crippen LogP contribution >= 0.6 is 12.4 Å². The second-order valence-electron chi connectivity index (χ2n) is 7.78. The number of halogens is 1. The molecule has 1 heterocycles. The van der Waals surface area contributed by atoms with Gasteiger partial charge in [-0.25, -0.2) is 13.1 Å². The molecular weight excluding hydrogens is 360 g/mol. The highest BCUT2D eigenvalue weighted by Crippen LogP contribution is 2.29. The highest BCUT2D eigenvalue weighted by Gasteiger charge is 2.33. The van der Waals surface area contributed by atoms with Gasteiger partial charge < -0.3 is 10.1 Å². The molecule has 1 saturated heterocycles. The number of benzene rings is 1. The molecule has 144 valence electrons. The number of hydrogen-bond donors (Lipinski definition) is 2. The fourth-order valence-electron chi connectivity index (χ4n) is 3.10. The minimum Gasteiger partial charge on any atom is -0.384 e. The fraction of sp³-hybridized carbons (Fsp3) is 0.667. The molecule has 0 aromatic heterocycles. The summed E-state index contributed by atoms with van der Waals surface area (Å²) in [5.41, 5.74) is 1.00. The van der Waals surface area contributed by atoms with Crippen LogP contribution in [-0.2, 0) is 20.2 Å². The number of methoxy groups -OCH3 is 1. The topological polar surface area (TPSA) is 67.4 Å². The molecule has 1 fully saturated rings. The van der Waals surface area contributed by atoms with E-state index in [9.17, 15) is 8.42 Å². The van der Waals surface area contributed by atoms with Crippen LogP contribution in [0.3, 0.4) is 0 Å². The summed E-state index contributed by atoms with van der Waals surface area (Å²) in [6.07, 6.45) is 1.82. The maximum Gasteiger partial charge on any atom is 0.240 e. The molecule has 1 aromatic carbocycles. The van der Waals surface area contributed by atoms with Gasteiger partial charge in [-0.1, -0.05) is 32.9 Å². The first-order valence-electron chi connectivity index (χ1n) is 8.48. The zero-order valence-electron chi connectivity index (χ0n) is 15.6. The van der Waals surface area contributed by atoms with E-state index in [1.807, 2.05) is 12.1 Å². The fourth-order valence-corrected chi connectivity index (χ4v) is 4.26. The second kappa shape index (κ2) is 8.82. The van der Waals surface area contributed by atoms with E-state index in [-0.39, 0.29) is 23.2 Å². The van der Waals surface area contributed by atoms with E-state index >= 15 is 0 Å². The van der Waals surface area contributed by atoms with Crippen LogP contribution in [0.5, 0.6) is 0 Å². The quantitative estimate of drug-likeness (QED) is 0.783. The number of ether oxygens (including phenoxy) is 1. The summed E-state index contributed by atoms with van der Waals surface area (Å²) in [7, 11) is -1.83. The average molecular weight is 391 g/mol. The SMILES string of the molecule is COCC1(CNS(=O)(=O)c2ccc(C(C)(C)C)cc2)CCNCC1.Cl. The first kappa shape index (κ1) is 22.4. The lowest BCUT2D eigenvalue weighted by Crippen LogP contribution is -2.47. The van der Waals surface area contributed by atoms with Gasteiger partial charge >= 0.3 is 0 Å². The summed E-state index contributed by atoms with van der Waals surface area (Å²) in [5, 5.41) is 3.31. The van der Waals surface area contributed by atoms with Crippen molar-refractivity contribution < 1.29 is 13.2 Å². The van der Waals surface area contributed by atoms with Crippen molar-refractivity contribution >= 4 is 22.4 Å². The van der Waals surface area contributed by atoms with E-state index in [4.69, 9.17) is 4.74 Å². The zero-order valence-corrected chi connectivity index (χ0v) is 17.2. The van der Waals surface area contributed by atoms with Crippen LogP contribution in [0.1, 0.15) is 39.2 Å². The van der Waals surface area contributed by atoms with E-state index in [1.165, 1.54) is 0 Å². The Bertz CT molecular complexity index is 628. The van der Waals surface area contributed by atoms with Crippen LogP contribution < -0.4 is 10.0 Å². The lowest BCUT2D eigenvalue weighted by molar-refractivity contribution is 0.0577. The first-order chi connectivity index (χ1) is 11.2.